The molecule has 0 bridgehead atoms. The average molecular weight is 376 g/mol. The number of hydrogen-bond donors (Lipinski definition) is 2. The van der Waals surface area contributed by atoms with Gasteiger partial charge in [-0.1, -0.05) is 45.9 Å². The van der Waals surface area contributed by atoms with Crippen LogP contribution in [-0.4, -0.2) is 21.6 Å². The quantitative estimate of drug-likeness (QED) is 0.665. The number of halogens is 1. The van der Waals surface area contributed by atoms with Crippen LogP contribution < -0.4 is 5.32 Å². The van der Waals surface area contributed by atoms with Crippen molar-refractivity contribution in [2.45, 2.75) is 12.1 Å². The highest BCUT2D eigenvalue weighted by Gasteiger charge is 2.08. The number of anilines is 1. The molecule has 3 rings (SSSR count). The molecular formula is C16H14BrN3OS. The van der Waals surface area contributed by atoms with Crippen molar-refractivity contribution in [3.05, 3.63) is 52.5 Å². The lowest BCUT2D eigenvalue weighted by Crippen LogP contribution is -2.14. The molecule has 0 aliphatic carbocycles. The van der Waals surface area contributed by atoms with E-state index in [0.29, 0.717) is 5.75 Å². The topological polar surface area (TPSA) is 57.8 Å². The second-order valence-corrected chi connectivity index (χ2v) is 6.73. The van der Waals surface area contributed by atoms with Crippen LogP contribution in [0.3, 0.4) is 0 Å². The number of thioether (sulfide) groups is 1. The number of rotatable bonds is 4. The van der Waals surface area contributed by atoms with Crippen LogP contribution in [0.2, 0.25) is 0 Å². The summed E-state index contributed by atoms with van der Waals surface area (Å²) in [7, 11) is 0. The largest absolute Gasteiger partial charge is 0.333 e. The first-order valence-electron chi connectivity index (χ1n) is 6.75. The molecule has 0 saturated carbocycles. The molecule has 0 aliphatic heterocycles. The maximum absolute atomic E-state index is 12.0. The van der Waals surface area contributed by atoms with Crippen molar-refractivity contribution in [2.75, 3.05) is 11.1 Å². The van der Waals surface area contributed by atoms with E-state index in [0.717, 1.165) is 31.9 Å². The number of imidazole rings is 1. The number of aromatic nitrogens is 2. The highest BCUT2D eigenvalue weighted by atomic mass is 79.9. The first kappa shape index (κ1) is 15.1. The zero-order valence-electron chi connectivity index (χ0n) is 11.9. The summed E-state index contributed by atoms with van der Waals surface area (Å²) in [4.78, 5) is 19.7. The van der Waals surface area contributed by atoms with Crippen LogP contribution >= 0.6 is 27.7 Å². The summed E-state index contributed by atoms with van der Waals surface area (Å²) >= 11 is 4.82. The maximum atomic E-state index is 12.0. The Kier molecular flexibility index (Phi) is 4.49. The Morgan fingerprint density at radius 3 is 2.95 bits per heavy atom. The van der Waals surface area contributed by atoms with E-state index in [-0.39, 0.29) is 5.91 Å². The number of H-pyrrole nitrogens is 1. The van der Waals surface area contributed by atoms with E-state index < -0.39 is 0 Å². The number of carbonyl (C=O) groups excluding carboxylic acids is 1. The first-order chi connectivity index (χ1) is 10.6. The van der Waals surface area contributed by atoms with Crippen LogP contribution in [0.15, 0.2) is 52.1 Å². The molecule has 112 valence electrons. The molecule has 0 spiro atoms. The minimum absolute atomic E-state index is 0.0408. The van der Waals surface area contributed by atoms with Gasteiger partial charge in [0, 0.05) is 10.2 Å². The fraction of sp³-hybridized carbons (Fsp3) is 0.125. The average Bonchev–Trinajstić information content (AvgIpc) is 2.89. The lowest BCUT2D eigenvalue weighted by molar-refractivity contribution is -0.113. The second kappa shape index (κ2) is 6.54. The first-order valence-corrected chi connectivity index (χ1v) is 8.53. The van der Waals surface area contributed by atoms with Gasteiger partial charge >= 0.3 is 0 Å². The predicted octanol–water partition coefficient (Wildman–Crippen LogP) is 4.36. The van der Waals surface area contributed by atoms with Crippen molar-refractivity contribution in [3.8, 4) is 0 Å². The van der Waals surface area contributed by atoms with Crippen molar-refractivity contribution in [1.29, 1.82) is 0 Å². The molecule has 6 heteroatoms. The molecule has 0 fully saturated rings. The molecule has 2 aromatic carbocycles. The second-order valence-electron chi connectivity index (χ2n) is 4.86. The summed E-state index contributed by atoms with van der Waals surface area (Å²) in [5, 5.41) is 3.66. The summed E-state index contributed by atoms with van der Waals surface area (Å²) in [6, 6.07) is 13.6. The summed E-state index contributed by atoms with van der Waals surface area (Å²) < 4.78 is 0.998. The number of para-hydroxylation sites is 1. The van der Waals surface area contributed by atoms with Crippen molar-refractivity contribution >= 4 is 50.3 Å². The molecule has 1 heterocycles. The number of aromatic amines is 1. The molecule has 0 radical (unpaired) electrons. The normalized spacial score (nSPS) is 10.8. The highest BCUT2D eigenvalue weighted by molar-refractivity contribution is 9.10. The molecule has 22 heavy (non-hydrogen) atoms. The Hall–Kier alpha value is -1.79. The monoisotopic (exact) mass is 375 g/mol. The van der Waals surface area contributed by atoms with Crippen LogP contribution in [0.4, 0.5) is 5.69 Å². The number of benzene rings is 2. The van der Waals surface area contributed by atoms with E-state index in [1.165, 1.54) is 11.8 Å². The Morgan fingerprint density at radius 1 is 1.32 bits per heavy atom. The molecule has 2 N–H and O–H groups in total. The van der Waals surface area contributed by atoms with Gasteiger partial charge in [0.2, 0.25) is 5.91 Å². The van der Waals surface area contributed by atoms with Crippen LogP contribution in [-0.2, 0) is 4.79 Å². The van der Waals surface area contributed by atoms with E-state index in [4.69, 9.17) is 0 Å². The lowest BCUT2D eigenvalue weighted by Gasteiger charge is -2.06. The molecule has 0 atom stereocenters. The van der Waals surface area contributed by atoms with Crippen LogP contribution in [0, 0.1) is 6.92 Å². The van der Waals surface area contributed by atoms with Gasteiger partial charge in [-0.3, -0.25) is 4.79 Å². The lowest BCUT2D eigenvalue weighted by atomic mass is 10.2. The number of nitrogens with zero attached hydrogens (tertiary/aromatic N) is 1. The third kappa shape index (κ3) is 3.51. The van der Waals surface area contributed by atoms with E-state index in [9.17, 15) is 4.79 Å². The zero-order valence-corrected chi connectivity index (χ0v) is 14.3. The third-order valence-electron chi connectivity index (χ3n) is 3.18. The van der Waals surface area contributed by atoms with Crippen molar-refractivity contribution in [1.82, 2.24) is 9.97 Å². The smallest absolute Gasteiger partial charge is 0.234 e. The van der Waals surface area contributed by atoms with E-state index >= 15 is 0 Å². The van der Waals surface area contributed by atoms with E-state index in [1.54, 1.807) is 0 Å². The van der Waals surface area contributed by atoms with Crippen molar-refractivity contribution in [2.24, 2.45) is 0 Å². The summed E-state index contributed by atoms with van der Waals surface area (Å²) in [5.74, 6) is 0.274. The summed E-state index contributed by atoms with van der Waals surface area (Å²) in [6.07, 6.45) is 0. The maximum Gasteiger partial charge on any atom is 0.234 e. The van der Waals surface area contributed by atoms with Crippen LogP contribution in [0.25, 0.3) is 11.0 Å². The van der Waals surface area contributed by atoms with Crippen LogP contribution in [0.5, 0.6) is 0 Å². The number of amides is 1. The van der Waals surface area contributed by atoms with Gasteiger partial charge in [-0.25, -0.2) is 4.98 Å². The third-order valence-corrected chi connectivity index (χ3v) is 4.55. The van der Waals surface area contributed by atoms with Gasteiger partial charge in [-0.15, -0.1) is 0 Å². The SMILES string of the molecule is Cc1ccccc1NC(=O)CSc1nc2ccc(Br)cc2[nH]1. The Morgan fingerprint density at radius 2 is 2.14 bits per heavy atom. The molecule has 4 nitrogen and oxygen atoms in total. The van der Waals surface area contributed by atoms with E-state index in [2.05, 4.69) is 31.2 Å². The molecule has 0 unspecified atom stereocenters. The van der Waals surface area contributed by atoms with Gasteiger partial charge in [0.1, 0.15) is 0 Å². The number of nitrogens with one attached hydrogen (secondary N) is 2. The van der Waals surface area contributed by atoms with Gasteiger partial charge in [0.05, 0.1) is 16.8 Å². The Balaban J connectivity index is 1.63. The minimum Gasteiger partial charge on any atom is -0.333 e. The van der Waals surface area contributed by atoms with Gasteiger partial charge in [-0.05, 0) is 36.8 Å². The molecule has 3 aromatic rings. The molecule has 0 saturated heterocycles. The highest BCUT2D eigenvalue weighted by Crippen LogP contribution is 2.22. The number of fused-ring (bicyclic) bond motifs is 1. The molecule has 1 amide bonds. The molecular weight excluding hydrogens is 362 g/mol. The number of aryl methyl sites for hydroxylation is 1. The van der Waals surface area contributed by atoms with Crippen LogP contribution in [0.1, 0.15) is 5.56 Å². The molecule has 0 aliphatic rings. The van der Waals surface area contributed by atoms with Crippen molar-refractivity contribution in [3.63, 3.8) is 0 Å². The Bertz CT molecular complexity index is 831. The summed E-state index contributed by atoms with van der Waals surface area (Å²) in [6.45, 7) is 1.97. The zero-order chi connectivity index (χ0) is 15.5. The standard InChI is InChI=1S/C16H14BrN3OS/c1-10-4-2-3-5-12(10)18-15(21)9-22-16-19-13-7-6-11(17)8-14(13)20-16/h2-8H,9H2,1H3,(H,18,21)(H,19,20). The van der Waals surface area contributed by atoms with E-state index in [1.807, 2.05) is 49.4 Å². The Labute approximate surface area is 140 Å². The van der Waals surface area contributed by atoms with Gasteiger partial charge in [0.15, 0.2) is 5.16 Å². The fourth-order valence-corrected chi connectivity index (χ4v) is 3.11. The number of hydrogen-bond acceptors (Lipinski definition) is 3. The minimum atomic E-state index is -0.0408. The number of carbonyl (C=O) groups is 1. The summed E-state index contributed by atoms with van der Waals surface area (Å²) in [5.41, 5.74) is 3.75. The predicted molar refractivity (Wildman–Crippen MR) is 94.3 cm³/mol. The van der Waals surface area contributed by atoms with Gasteiger partial charge < -0.3 is 10.3 Å². The van der Waals surface area contributed by atoms with Gasteiger partial charge in [-0.2, -0.15) is 0 Å². The molecule has 1 aromatic heterocycles. The fourth-order valence-electron chi connectivity index (χ4n) is 2.06. The van der Waals surface area contributed by atoms with Crippen molar-refractivity contribution < 1.29 is 4.79 Å². The van der Waals surface area contributed by atoms with Gasteiger partial charge in [0.25, 0.3) is 0 Å².